The van der Waals surface area contributed by atoms with Crippen LogP contribution in [0.5, 0.6) is 0 Å². The third-order valence-electron chi connectivity index (χ3n) is 4.01. The molecule has 1 saturated heterocycles. The van der Waals surface area contributed by atoms with Crippen LogP contribution in [-0.4, -0.2) is 45.0 Å². The fourth-order valence-electron chi connectivity index (χ4n) is 2.94. The zero-order valence-electron chi connectivity index (χ0n) is 11.8. The number of nitrogens with one attached hydrogen (secondary N) is 1. The van der Waals surface area contributed by atoms with Gasteiger partial charge in [0.1, 0.15) is 0 Å². The number of nitrogens with two attached hydrogens (primary N) is 1. The predicted octanol–water partition coefficient (Wildman–Crippen LogP) is 1.39. The van der Waals surface area contributed by atoms with Gasteiger partial charge < -0.3 is 10.6 Å². The minimum atomic E-state index is -0.402. The van der Waals surface area contributed by atoms with E-state index in [2.05, 4.69) is 25.5 Å². The van der Waals surface area contributed by atoms with E-state index in [0.29, 0.717) is 11.5 Å². The van der Waals surface area contributed by atoms with Gasteiger partial charge in [-0.15, -0.1) is 0 Å². The Kier molecular flexibility index (Phi) is 4.31. The van der Waals surface area contributed by atoms with Crippen LogP contribution in [0.1, 0.15) is 39.7 Å². The van der Waals surface area contributed by atoms with Gasteiger partial charge in [0.25, 0.3) is 5.91 Å². The maximum atomic E-state index is 11.4. The number of primary amides is 1. The minimum Gasteiger partial charge on any atom is -0.365 e. The normalized spacial score (nSPS) is 19.7. The van der Waals surface area contributed by atoms with Crippen molar-refractivity contribution in [2.45, 2.75) is 25.2 Å². The summed E-state index contributed by atoms with van der Waals surface area (Å²) in [5.41, 5.74) is 6.83. The first kappa shape index (κ1) is 14.2. The molecule has 7 heteroatoms. The molecule has 0 saturated carbocycles. The highest BCUT2D eigenvalue weighted by Gasteiger charge is 2.25. The molecule has 3 heterocycles. The van der Waals surface area contributed by atoms with E-state index in [1.807, 2.05) is 6.20 Å². The van der Waals surface area contributed by atoms with Crippen molar-refractivity contribution in [2.75, 3.05) is 19.6 Å². The Morgan fingerprint density at radius 3 is 3.24 bits per heavy atom. The number of rotatable bonds is 5. The lowest BCUT2D eigenvalue weighted by atomic mass is 9.92. The molecule has 2 aromatic heterocycles. The third-order valence-corrected chi connectivity index (χ3v) is 4.82. The van der Waals surface area contributed by atoms with E-state index in [1.54, 1.807) is 11.5 Å². The van der Waals surface area contributed by atoms with Gasteiger partial charge in [-0.1, -0.05) is 0 Å². The van der Waals surface area contributed by atoms with E-state index >= 15 is 0 Å². The van der Waals surface area contributed by atoms with Crippen molar-refractivity contribution in [2.24, 2.45) is 5.73 Å². The molecule has 112 valence electrons. The van der Waals surface area contributed by atoms with Gasteiger partial charge in [0.05, 0.1) is 17.5 Å². The Bertz CT molecular complexity index is 594. The van der Waals surface area contributed by atoms with Gasteiger partial charge in [-0.05, 0) is 43.4 Å². The van der Waals surface area contributed by atoms with E-state index < -0.39 is 5.91 Å². The molecule has 1 aliphatic rings. The highest BCUT2D eigenvalue weighted by atomic mass is 32.1. The van der Waals surface area contributed by atoms with Gasteiger partial charge in [-0.3, -0.25) is 9.89 Å². The number of aromatic amines is 1. The summed E-state index contributed by atoms with van der Waals surface area (Å²) in [6.07, 6.45) is 6.61. The van der Waals surface area contributed by atoms with Crippen LogP contribution in [0.3, 0.4) is 0 Å². The predicted molar refractivity (Wildman–Crippen MR) is 81.3 cm³/mol. The van der Waals surface area contributed by atoms with Crippen molar-refractivity contribution in [3.05, 3.63) is 34.6 Å². The number of nitrogens with zero attached hydrogens (tertiary/aromatic N) is 3. The standard InChI is InChI=1S/C14H19N5OS/c15-14(20)12-8-16-18-13(12)10-2-1-6-19(9-10)7-4-11-3-5-17-21-11/h3,5,8,10H,1-2,4,6-7,9H2,(H2,15,20)(H,16,18). The maximum Gasteiger partial charge on any atom is 0.252 e. The molecule has 1 fully saturated rings. The molecule has 6 nitrogen and oxygen atoms in total. The molecule has 0 bridgehead atoms. The van der Waals surface area contributed by atoms with Crippen LogP contribution < -0.4 is 5.73 Å². The summed E-state index contributed by atoms with van der Waals surface area (Å²) in [7, 11) is 0. The van der Waals surface area contributed by atoms with Crippen molar-refractivity contribution < 1.29 is 4.79 Å². The van der Waals surface area contributed by atoms with Crippen molar-refractivity contribution in [1.82, 2.24) is 19.5 Å². The van der Waals surface area contributed by atoms with Crippen LogP contribution in [0.2, 0.25) is 0 Å². The Morgan fingerprint density at radius 1 is 1.57 bits per heavy atom. The second-order valence-corrected chi connectivity index (χ2v) is 6.35. The lowest BCUT2D eigenvalue weighted by molar-refractivity contribution is 0.0998. The fraction of sp³-hybridized carbons (Fsp3) is 0.500. The highest BCUT2D eigenvalue weighted by Crippen LogP contribution is 2.27. The van der Waals surface area contributed by atoms with Crippen LogP contribution in [0.25, 0.3) is 0 Å². The van der Waals surface area contributed by atoms with Crippen LogP contribution in [-0.2, 0) is 6.42 Å². The van der Waals surface area contributed by atoms with Crippen LogP contribution in [0.15, 0.2) is 18.5 Å². The molecular weight excluding hydrogens is 286 g/mol. The van der Waals surface area contributed by atoms with Crippen molar-refractivity contribution in [3.63, 3.8) is 0 Å². The van der Waals surface area contributed by atoms with E-state index in [9.17, 15) is 4.79 Å². The van der Waals surface area contributed by atoms with E-state index in [1.165, 1.54) is 11.1 Å². The molecule has 1 atom stereocenters. The van der Waals surface area contributed by atoms with Crippen LogP contribution in [0, 0.1) is 0 Å². The number of H-pyrrole nitrogens is 1. The summed E-state index contributed by atoms with van der Waals surface area (Å²) in [5.74, 6) is -0.0919. The molecule has 1 unspecified atom stereocenters. The largest absolute Gasteiger partial charge is 0.365 e. The average Bonchev–Trinajstić information content (AvgIpc) is 3.16. The number of aromatic nitrogens is 3. The van der Waals surface area contributed by atoms with Gasteiger partial charge in [0.2, 0.25) is 0 Å². The first-order valence-corrected chi connectivity index (χ1v) is 7.96. The van der Waals surface area contributed by atoms with Gasteiger partial charge in [-0.2, -0.15) is 5.10 Å². The van der Waals surface area contributed by atoms with Crippen LogP contribution in [0.4, 0.5) is 0 Å². The van der Waals surface area contributed by atoms with Gasteiger partial charge >= 0.3 is 0 Å². The summed E-state index contributed by atoms with van der Waals surface area (Å²) in [6, 6.07) is 2.08. The molecule has 21 heavy (non-hydrogen) atoms. The number of carbonyl (C=O) groups is 1. The number of amides is 1. The van der Waals surface area contributed by atoms with E-state index in [0.717, 1.165) is 44.6 Å². The second kappa shape index (κ2) is 6.36. The Hall–Kier alpha value is -1.73. The Labute approximate surface area is 127 Å². The molecule has 3 rings (SSSR count). The molecule has 2 aromatic rings. The third kappa shape index (κ3) is 3.30. The molecule has 3 N–H and O–H groups in total. The first-order valence-electron chi connectivity index (χ1n) is 7.19. The number of piperidine rings is 1. The zero-order chi connectivity index (χ0) is 14.7. The number of hydrogen-bond donors (Lipinski definition) is 2. The second-order valence-electron chi connectivity index (χ2n) is 5.43. The van der Waals surface area contributed by atoms with E-state index in [4.69, 9.17) is 5.73 Å². The van der Waals surface area contributed by atoms with Gasteiger partial charge in [0, 0.05) is 30.1 Å². The van der Waals surface area contributed by atoms with Gasteiger partial charge in [-0.25, -0.2) is 4.37 Å². The smallest absolute Gasteiger partial charge is 0.252 e. The summed E-state index contributed by atoms with van der Waals surface area (Å²) < 4.78 is 4.13. The summed E-state index contributed by atoms with van der Waals surface area (Å²) in [6.45, 7) is 3.08. The van der Waals surface area contributed by atoms with Crippen molar-refractivity contribution in [3.8, 4) is 0 Å². The Morgan fingerprint density at radius 2 is 2.48 bits per heavy atom. The molecule has 0 radical (unpaired) electrons. The monoisotopic (exact) mass is 305 g/mol. The van der Waals surface area contributed by atoms with Crippen molar-refractivity contribution >= 4 is 17.4 Å². The molecule has 0 spiro atoms. The summed E-state index contributed by atoms with van der Waals surface area (Å²) in [5, 5.41) is 6.94. The van der Waals surface area contributed by atoms with Crippen LogP contribution >= 0.6 is 11.5 Å². The lowest BCUT2D eigenvalue weighted by Crippen LogP contribution is -2.36. The molecule has 0 aliphatic carbocycles. The molecule has 1 aliphatic heterocycles. The topological polar surface area (TPSA) is 87.9 Å². The molecular formula is C14H19N5OS. The number of hydrogen-bond acceptors (Lipinski definition) is 5. The fourth-order valence-corrected chi connectivity index (χ4v) is 3.50. The summed E-state index contributed by atoms with van der Waals surface area (Å²) in [4.78, 5) is 15.2. The van der Waals surface area contributed by atoms with Crippen molar-refractivity contribution in [1.29, 1.82) is 0 Å². The molecule has 0 aromatic carbocycles. The Balaban J connectivity index is 1.62. The maximum absolute atomic E-state index is 11.4. The first-order chi connectivity index (χ1) is 10.2. The number of carbonyl (C=O) groups excluding carboxylic acids is 1. The number of likely N-dealkylation sites (tertiary alicyclic amines) is 1. The minimum absolute atomic E-state index is 0.310. The summed E-state index contributed by atoms with van der Waals surface area (Å²) >= 11 is 1.56. The average molecular weight is 305 g/mol. The van der Waals surface area contributed by atoms with Gasteiger partial charge in [0.15, 0.2) is 0 Å². The highest BCUT2D eigenvalue weighted by molar-refractivity contribution is 7.05. The lowest BCUT2D eigenvalue weighted by Gasteiger charge is -2.32. The molecule has 1 amide bonds. The SMILES string of the molecule is NC(=O)c1cn[nH]c1C1CCCN(CCc2ccns2)C1. The quantitative estimate of drug-likeness (QED) is 0.873. The zero-order valence-corrected chi connectivity index (χ0v) is 12.6. The van der Waals surface area contributed by atoms with E-state index in [-0.39, 0.29) is 0 Å².